The summed E-state index contributed by atoms with van der Waals surface area (Å²) in [5.74, 6) is 0.843. The molecule has 4 heteroatoms. The molecule has 0 fully saturated rings. The molecule has 4 nitrogen and oxygen atoms in total. The predicted molar refractivity (Wildman–Crippen MR) is 62.7 cm³/mol. The molecule has 0 radical (unpaired) electrons. The number of aromatic hydroxyl groups is 1. The lowest BCUT2D eigenvalue weighted by Crippen LogP contribution is -2.31. The molecule has 0 spiro atoms. The van der Waals surface area contributed by atoms with Crippen molar-refractivity contribution in [3.63, 3.8) is 0 Å². The third-order valence-corrected chi connectivity index (χ3v) is 2.59. The Balaban J connectivity index is 2.60. The van der Waals surface area contributed by atoms with Gasteiger partial charge in [-0.05, 0) is 12.5 Å². The van der Waals surface area contributed by atoms with Crippen molar-refractivity contribution in [2.75, 3.05) is 13.7 Å². The molecule has 0 aromatic heterocycles. The maximum Gasteiger partial charge on any atom is 0.123 e. The first-order valence-corrected chi connectivity index (χ1v) is 5.41. The lowest BCUT2D eigenvalue weighted by atomic mass is 10.1. The molecule has 0 heterocycles. The van der Waals surface area contributed by atoms with Crippen molar-refractivity contribution in [1.82, 2.24) is 5.32 Å². The van der Waals surface area contributed by atoms with E-state index in [1.807, 2.05) is 13.0 Å². The summed E-state index contributed by atoms with van der Waals surface area (Å²) in [6.45, 7) is 2.64. The highest BCUT2D eigenvalue weighted by Gasteiger charge is 2.06. The van der Waals surface area contributed by atoms with E-state index < -0.39 is 0 Å². The first-order chi connectivity index (χ1) is 7.71. The smallest absolute Gasteiger partial charge is 0.123 e. The van der Waals surface area contributed by atoms with E-state index in [0.29, 0.717) is 12.3 Å². The monoisotopic (exact) mass is 225 g/mol. The molecule has 1 rings (SSSR count). The van der Waals surface area contributed by atoms with Crippen LogP contribution in [0.25, 0.3) is 0 Å². The maximum atomic E-state index is 9.70. The van der Waals surface area contributed by atoms with Gasteiger partial charge < -0.3 is 20.3 Å². The van der Waals surface area contributed by atoms with Crippen LogP contribution in [0.3, 0.4) is 0 Å². The van der Waals surface area contributed by atoms with Crippen molar-refractivity contribution in [3.05, 3.63) is 23.8 Å². The summed E-state index contributed by atoms with van der Waals surface area (Å²) in [5, 5.41) is 21.9. The van der Waals surface area contributed by atoms with Gasteiger partial charge in [-0.25, -0.2) is 0 Å². The Labute approximate surface area is 95.9 Å². The van der Waals surface area contributed by atoms with E-state index in [4.69, 9.17) is 9.84 Å². The second kappa shape index (κ2) is 6.35. The number of hydrogen-bond acceptors (Lipinski definition) is 4. The van der Waals surface area contributed by atoms with Gasteiger partial charge in [0.15, 0.2) is 0 Å². The van der Waals surface area contributed by atoms with Crippen LogP contribution in [0.4, 0.5) is 0 Å². The van der Waals surface area contributed by atoms with Crippen LogP contribution >= 0.6 is 0 Å². The lowest BCUT2D eigenvalue weighted by molar-refractivity contribution is 0.238. The van der Waals surface area contributed by atoms with Crippen molar-refractivity contribution in [3.8, 4) is 11.5 Å². The molecule has 0 aliphatic rings. The van der Waals surface area contributed by atoms with Gasteiger partial charge >= 0.3 is 0 Å². The second-order valence-corrected chi connectivity index (χ2v) is 3.66. The minimum absolute atomic E-state index is 0.0708. The van der Waals surface area contributed by atoms with E-state index in [0.717, 1.165) is 12.0 Å². The molecule has 3 N–H and O–H groups in total. The molecule has 1 atom stereocenters. The number of phenolic OH excluding ortho intramolecular Hbond substituents is 1. The average Bonchev–Trinajstić information content (AvgIpc) is 2.32. The fraction of sp³-hybridized carbons (Fsp3) is 0.500. The average molecular weight is 225 g/mol. The standard InChI is InChI=1S/C12H19NO3/c1-3-10(8-14)13-7-9-4-5-11(16-2)6-12(9)15/h4-6,10,13-15H,3,7-8H2,1-2H3/t10-/m0/s1. The van der Waals surface area contributed by atoms with Crippen molar-refractivity contribution in [2.24, 2.45) is 0 Å². The minimum Gasteiger partial charge on any atom is -0.507 e. The minimum atomic E-state index is 0.0708. The molecule has 1 aromatic rings. The topological polar surface area (TPSA) is 61.7 Å². The highest BCUT2D eigenvalue weighted by molar-refractivity contribution is 5.39. The fourth-order valence-electron chi connectivity index (χ4n) is 1.41. The Kier molecular flexibility index (Phi) is 5.08. The Morgan fingerprint density at radius 2 is 2.19 bits per heavy atom. The third-order valence-electron chi connectivity index (χ3n) is 2.59. The molecular formula is C12H19NO3. The third kappa shape index (κ3) is 3.40. The molecule has 90 valence electrons. The summed E-state index contributed by atoms with van der Waals surface area (Å²) in [7, 11) is 1.56. The molecule has 1 aromatic carbocycles. The summed E-state index contributed by atoms with van der Waals surface area (Å²) in [6, 6.07) is 5.26. The Hall–Kier alpha value is -1.26. The number of benzene rings is 1. The molecule has 0 aliphatic carbocycles. The van der Waals surface area contributed by atoms with Crippen molar-refractivity contribution < 1.29 is 14.9 Å². The Morgan fingerprint density at radius 1 is 1.44 bits per heavy atom. The van der Waals surface area contributed by atoms with E-state index in [2.05, 4.69) is 5.32 Å². The fourth-order valence-corrected chi connectivity index (χ4v) is 1.41. The second-order valence-electron chi connectivity index (χ2n) is 3.66. The van der Waals surface area contributed by atoms with Crippen LogP contribution in [0.15, 0.2) is 18.2 Å². The summed E-state index contributed by atoms with van der Waals surface area (Å²) in [6.07, 6.45) is 0.855. The molecular weight excluding hydrogens is 206 g/mol. The van der Waals surface area contributed by atoms with Gasteiger partial charge in [-0.2, -0.15) is 0 Å². The van der Waals surface area contributed by atoms with Crippen LogP contribution in [0.5, 0.6) is 11.5 Å². The zero-order valence-electron chi connectivity index (χ0n) is 9.73. The molecule has 16 heavy (non-hydrogen) atoms. The number of rotatable bonds is 6. The van der Waals surface area contributed by atoms with E-state index in [1.165, 1.54) is 0 Å². The van der Waals surface area contributed by atoms with Gasteiger partial charge in [-0.15, -0.1) is 0 Å². The number of phenols is 1. The summed E-state index contributed by atoms with van der Waals surface area (Å²) in [5.41, 5.74) is 0.799. The maximum absolute atomic E-state index is 9.70. The highest BCUT2D eigenvalue weighted by Crippen LogP contribution is 2.23. The largest absolute Gasteiger partial charge is 0.507 e. The summed E-state index contributed by atoms with van der Waals surface area (Å²) in [4.78, 5) is 0. The SMILES string of the molecule is CC[C@@H](CO)NCc1ccc(OC)cc1O. The van der Waals surface area contributed by atoms with Gasteiger partial charge in [-0.3, -0.25) is 0 Å². The number of ether oxygens (including phenoxy) is 1. The predicted octanol–water partition coefficient (Wildman–Crippen LogP) is 1.26. The highest BCUT2D eigenvalue weighted by atomic mass is 16.5. The van der Waals surface area contributed by atoms with Crippen molar-refractivity contribution in [1.29, 1.82) is 0 Å². The van der Waals surface area contributed by atoms with Crippen LogP contribution in [0.1, 0.15) is 18.9 Å². The van der Waals surface area contributed by atoms with Crippen LogP contribution in [-0.2, 0) is 6.54 Å². The molecule has 0 amide bonds. The number of hydrogen-bond donors (Lipinski definition) is 3. The van der Waals surface area contributed by atoms with Crippen LogP contribution in [0.2, 0.25) is 0 Å². The molecule has 0 saturated heterocycles. The van der Waals surface area contributed by atoms with Crippen molar-refractivity contribution in [2.45, 2.75) is 25.9 Å². The van der Waals surface area contributed by atoms with Gasteiger partial charge in [-0.1, -0.05) is 13.0 Å². The first-order valence-electron chi connectivity index (χ1n) is 5.41. The molecule has 0 unspecified atom stereocenters. The van der Waals surface area contributed by atoms with Gasteiger partial charge in [0.2, 0.25) is 0 Å². The normalized spacial score (nSPS) is 12.4. The van der Waals surface area contributed by atoms with E-state index in [1.54, 1.807) is 19.2 Å². The number of aliphatic hydroxyl groups excluding tert-OH is 1. The van der Waals surface area contributed by atoms with Crippen LogP contribution in [0, 0.1) is 0 Å². The van der Waals surface area contributed by atoms with Gasteiger partial charge in [0, 0.05) is 24.2 Å². The number of methoxy groups -OCH3 is 1. The zero-order valence-corrected chi connectivity index (χ0v) is 9.73. The molecule has 0 aliphatic heterocycles. The quantitative estimate of drug-likeness (QED) is 0.682. The number of aliphatic hydroxyl groups is 1. The summed E-state index contributed by atoms with van der Waals surface area (Å²) < 4.78 is 5.00. The number of nitrogens with one attached hydrogen (secondary N) is 1. The van der Waals surface area contributed by atoms with Gasteiger partial charge in [0.25, 0.3) is 0 Å². The molecule has 0 bridgehead atoms. The van der Waals surface area contributed by atoms with Crippen LogP contribution in [-0.4, -0.2) is 30.0 Å². The van der Waals surface area contributed by atoms with Crippen molar-refractivity contribution >= 4 is 0 Å². The lowest BCUT2D eigenvalue weighted by Gasteiger charge is -2.14. The van der Waals surface area contributed by atoms with Gasteiger partial charge in [0.1, 0.15) is 11.5 Å². The van der Waals surface area contributed by atoms with Crippen LogP contribution < -0.4 is 10.1 Å². The molecule has 0 saturated carbocycles. The van der Waals surface area contributed by atoms with E-state index in [-0.39, 0.29) is 18.4 Å². The Morgan fingerprint density at radius 3 is 2.69 bits per heavy atom. The van der Waals surface area contributed by atoms with E-state index >= 15 is 0 Å². The van der Waals surface area contributed by atoms with Gasteiger partial charge in [0.05, 0.1) is 13.7 Å². The summed E-state index contributed by atoms with van der Waals surface area (Å²) >= 11 is 0. The van der Waals surface area contributed by atoms with E-state index in [9.17, 15) is 5.11 Å². The zero-order chi connectivity index (χ0) is 12.0. The first kappa shape index (κ1) is 12.8. The Bertz CT molecular complexity index is 324.